The van der Waals surface area contributed by atoms with Crippen LogP contribution in [0.15, 0.2) is 36.4 Å². The summed E-state index contributed by atoms with van der Waals surface area (Å²) < 4.78 is 0. The standard InChI is InChI=1S/C24H10Cl2O8/c25-13-5-11(23(31)32)17-12(24(33)34)6-14(26)19-8-2-4-10(22(29)30)16-9(21(27)28)3-1-7(15(8)16)18(13)20(17)19/h1-6H,(H,27,28)(H,29,30)(H,31,32)(H,33,34). The third kappa shape index (κ3) is 2.73. The molecule has 0 fully saturated rings. The van der Waals surface area contributed by atoms with Gasteiger partial charge in [0.2, 0.25) is 0 Å². The normalized spacial score (nSPS) is 11.6. The predicted octanol–water partition coefficient (Wildman–Crippen LogP) is 5.84. The van der Waals surface area contributed by atoms with Gasteiger partial charge in [0, 0.05) is 37.0 Å². The maximum Gasteiger partial charge on any atom is 0.336 e. The molecule has 0 aliphatic heterocycles. The number of carbonyl (C=O) groups is 4. The first kappa shape index (κ1) is 21.7. The molecule has 0 heterocycles. The zero-order valence-electron chi connectivity index (χ0n) is 16.6. The molecule has 0 amide bonds. The number of halogens is 2. The lowest BCUT2D eigenvalue weighted by Crippen LogP contribution is -2.07. The lowest BCUT2D eigenvalue weighted by Gasteiger charge is -2.20. The van der Waals surface area contributed by atoms with Crippen LogP contribution in [0.25, 0.3) is 43.1 Å². The zero-order chi connectivity index (χ0) is 24.6. The van der Waals surface area contributed by atoms with Gasteiger partial charge in [-0.25, -0.2) is 19.2 Å². The molecule has 0 aliphatic carbocycles. The third-order valence-electron chi connectivity index (χ3n) is 5.93. The van der Waals surface area contributed by atoms with Crippen LogP contribution < -0.4 is 0 Å². The van der Waals surface area contributed by atoms with Gasteiger partial charge >= 0.3 is 23.9 Å². The van der Waals surface area contributed by atoms with Crippen molar-refractivity contribution >= 4 is 90.2 Å². The van der Waals surface area contributed by atoms with Gasteiger partial charge in [0.05, 0.1) is 22.3 Å². The number of hydrogen-bond acceptors (Lipinski definition) is 4. The van der Waals surface area contributed by atoms with Crippen molar-refractivity contribution in [3.05, 3.63) is 68.7 Å². The molecule has 168 valence electrons. The third-order valence-corrected chi connectivity index (χ3v) is 6.53. The van der Waals surface area contributed by atoms with Gasteiger partial charge in [-0.1, -0.05) is 35.3 Å². The quantitative estimate of drug-likeness (QED) is 0.179. The van der Waals surface area contributed by atoms with Crippen molar-refractivity contribution in [3.8, 4) is 0 Å². The molecule has 34 heavy (non-hydrogen) atoms. The Morgan fingerprint density at radius 1 is 0.471 bits per heavy atom. The Kier molecular flexibility index (Phi) is 4.58. The fourth-order valence-corrected chi connectivity index (χ4v) is 5.31. The maximum atomic E-state index is 12.0. The number of benzene rings is 5. The van der Waals surface area contributed by atoms with E-state index in [0.29, 0.717) is 10.8 Å². The summed E-state index contributed by atoms with van der Waals surface area (Å²) in [7, 11) is 0. The number of aromatic carboxylic acids is 4. The van der Waals surface area contributed by atoms with E-state index in [1.165, 1.54) is 24.3 Å². The summed E-state index contributed by atoms with van der Waals surface area (Å²) in [5.74, 6) is -5.49. The molecule has 0 bridgehead atoms. The van der Waals surface area contributed by atoms with Crippen molar-refractivity contribution in [1.82, 2.24) is 0 Å². The van der Waals surface area contributed by atoms with Crippen LogP contribution >= 0.6 is 23.2 Å². The number of carboxylic acids is 4. The SMILES string of the molecule is O=C(O)c1ccc2c3c(Cl)cc(C(=O)O)c4c(C(=O)O)cc(Cl)c(c5ccc(C(=O)O)c1c25)c43. The summed E-state index contributed by atoms with van der Waals surface area (Å²) in [5.41, 5.74) is -1.20. The average Bonchev–Trinajstić information content (AvgIpc) is 2.76. The summed E-state index contributed by atoms with van der Waals surface area (Å²) >= 11 is 13.0. The minimum atomic E-state index is -1.40. The summed E-state index contributed by atoms with van der Waals surface area (Å²) in [5, 5.41) is 40.4. The molecule has 8 nitrogen and oxygen atoms in total. The highest BCUT2D eigenvalue weighted by atomic mass is 35.5. The van der Waals surface area contributed by atoms with E-state index in [1.54, 1.807) is 0 Å². The van der Waals surface area contributed by atoms with E-state index in [0.717, 1.165) is 12.1 Å². The highest BCUT2D eigenvalue weighted by Crippen LogP contribution is 2.48. The summed E-state index contributed by atoms with van der Waals surface area (Å²) in [6, 6.07) is 7.58. The molecule has 0 radical (unpaired) electrons. The van der Waals surface area contributed by atoms with Crippen LogP contribution in [0, 0.1) is 0 Å². The minimum Gasteiger partial charge on any atom is -0.478 e. The number of rotatable bonds is 4. The Morgan fingerprint density at radius 3 is 1.18 bits per heavy atom. The van der Waals surface area contributed by atoms with Crippen LogP contribution in [0.2, 0.25) is 10.0 Å². The van der Waals surface area contributed by atoms with E-state index in [4.69, 9.17) is 23.2 Å². The number of hydrogen-bond donors (Lipinski definition) is 4. The van der Waals surface area contributed by atoms with Crippen molar-refractivity contribution in [2.45, 2.75) is 0 Å². The van der Waals surface area contributed by atoms with Gasteiger partial charge in [0.25, 0.3) is 0 Å². The van der Waals surface area contributed by atoms with Gasteiger partial charge in [-0.3, -0.25) is 0 Å². The van der Waals surface area contributed by atoms with Crippen molar-refractivity contribution in [3.63, 3.8) is 0 Å². The van der Waals surface area contributed by atoms with Gasteiger partial charge in [0.1, 0.15) is 0 Å². The van der Waals surface area contributed by atoms with Crippen molar-refractivity contribution in [2.75, 3.05) is 0 Å². The molecule has 0 unspecified atom stereocenters. The largest absolute Gasteiger partial charge is 0.478 e. The molecule has 0 atom stereocenters. The van der Waals surface area contributed by atoms with E-state index in [-0.39, 0.29) is 64.6 Å². The van der Waals surface area contributed by atoms with Crippen LogP contribution in [-0.4, -0.2) is 44.3 Å². The second kappa shape index (κ2) is 7.18. The summed E-state index contributed by atoms with van der Waals surface area (Å²) in [6.07, 6.45) is 0. The first-order valence-electron chi connectivity index (χ1n) is 9.56. The first-order valence-corrected chi connectivity index (χ1v) is 10.3. The fourth-order valence-electron chi connectivity index (χ4n) is 4.70. The maximum absolute atomic E-state index is 12.0. The van der Waals surface area contributed by atoms with Crippen molar-refractivity contribution < 1.29 is 39.6 Å². The van der Waals surface area contributed by atoms with E-state index < -0.39 is 23.9 Å². The average molecular weight is 497 g/mol. The lowest BCUT2D eigenvalue weighted by atomic mass is 9.84. The second-order valence-corrected chi connectivity index (χ2v) is 8.42. The van der Waals surface area contributed by atoms with Crippen LogP contribution in [0.1, 0.15) is 41.4 Å². The molecule has 0 spiro atoms. The Balaban J connectivity index is 2.25. The lowest BCUT2D eigenvalue weighted by molar-refractivity contribution is 0.0681. The molecule has 0 aliphatic rings. The summed E-state index contributed by atoms with van der Waals surface area (Å²) in [4.78, 5) is 47.9. The van der Waals surface area contributed by atoms with Crippen molar-refractivity contribution in [1.29, 1.82) is 0 Å². The smallest absolute Gasteiger partial charge is 0.336 e. The highest BCUT2D eigenvalue weighted by molar-refractivity contribution is 6.49. The van der Waals surface area contributed by atoms with Crippen LogP contribution in [0.4, 0.5) is 0 Å². The van der Waals surface area contributed by atoms with E-state index in [2.05, 4.69) is 0 Å². The monoisotopic (exact) mass is 496 g/mol. The molecular weight excluding hydrogens is 487 g/mol. The molecule has 0 saturated heterocycles. The van der Waals surface area contributed by atoms with Gasteiger partial charge in [-0.2, -0.15) is 0 Å². The van der Waals surface area contributed by atoms with Crippen LogP contribution in [0.5, 0.6) is 0 Å². The molecule has 5 rings (SSSR count). The molecule has 10 heteroatoms. The minimum absolute atomic E-state index is 0.0412. The van der Waals surface area contributed by atoms with Gasteiger partial charge in [0.15, 0.2) is 0 Å². The Bertz CT molecular complexity index is 1670. The molecule has 0 aromatic heterocycles. The van der Waals surface area contributed by atoms with Crippen molar-refractivity contribution in [2.24, 2.45) is 0 Å². The topological polar surface area (TPSA) is 149 Å². The van der Waals surface area contributed by atoms with Crippen LogP contribution in [-0.2, 0) is 0 Å². The highest BCUT2D eigenvalue weighted by Gasteiger charge is 2.28. The molecular formula is C24H10Cl2O8. The molecule has 4 N–H and O–H groups in total. The van der Waals surface area contributed by atoms with Gasteiger partial charge in [-0.05, 0) is 40.4 Å². The predicted molar refractivity (Wildman–Crippen MR) is 126 cm³/mol. The van der Waals surface area contributed by atoms with Crippen LogP contribution in [0.3, 0.4) is 0 Å². The molecule has 5 aromatic rings. The number of carboxylic acid groups (broad SMARTS) is 4. The van der Waals surface area contributed by atoms with Gasteiger partial charge < -0.3 is 20.4 Å². The number of fused-ring (bicyclic) bond motifs is 2. The molecule has 0 saturated carbocycles. The van der Waals surface area contributed by atoms with E-state index >= 15 is 0 Å². The first-order chi connectivity index (χ1) is 16.0. The summed E-state index contributed by atoms with van der Waals surface area (Å²) in [6.45, 7) is 0. The second-order valence-electron chi connectivity index (χ2n) is 7.60. The Hall–Kier alpha value is -4.14. The Morgan fingerprint density at radius 2 is 0.824 bits per heavy atom. The van der Waals surface area contributed by atoms with Gasteiger partial charge in [-0.15, -0.1) is 0 Å². The Labute approximate surface area is 198 Å². The van der Waals surface area contributed by atoms with E-state index in [9.17, 15) is 39.6 Å². The van der Waals surface area contributed by atoms with E-state index in [1.807, 2.05) is 0 Å². The zero-order valence-corrected chi connectivity index (χ0v) is 18.2. The molecule has 5 aromatic carbocycles. The fraction of sp³-hybridized carbons (Fsp3) is 0.